The van der Waals surface area contributed by atoms with Crippen molar-refractivity contribution in [2.24, 2.45) is 0 Å². The van der Waals surface area contributed by atoms with Gasteiger partial charge in [0.05, 0.1) is 17.1 Å². The van der Waals surface area contributed by atoms with Crippen LogP contribution in [0.3, 0.4) is 0 Å². The molecule has 0 amide bonds. The first kappa shape index (κ1) is 16.5. The highest BCUT2D eigenvalue weighted by atomic mass is 32.2. The Labute approximate surface area is 144 Å². The number of anilines is 1. The Morgan fingerprint density at radius 3 is 2.78 bits per heavy atom. The quantitative estimate of drug-likeness (QED) is 0.795. The summed E-state index contributed by atoms with van der Waals surface area (Å²) in [6.07, 6.45) is 3.61. The van der Waals surface area contributed by atoms with Crippen LogP contribution in [0.15, 0.2) is 47.8 Å². The van der Waals surface area contributed by atoms with E-state index in [-0.39, 0.29) is 4.75 Å². The van der Waals surface area contributed by atoms with Gasteiger partial charge in [-0.15, -0.1) is 11.8 Å². The molecule has 1 unspecified atom stereocenters. The van der Waals surface area contributed by atoms with Gasteiger partial charge in [0, 0.05) is 35.4 Å². The molecule has 1 saturated heterocycles. The number of thioether (sulfide) groups is 1. The third kappa shape index (κ3) is 4.12. The van der Waals surface area contributed by atoms with Gasteiger partial charge in [-0.3, -0.25) is 9.19 Å². The Morgan fingerprint density at radius 2 is 2.04 bits per heavy atom. The van der Waals surface area contributed by atoms with Crippen molar-refractivity contribution in [1.82, 2.24) is 9.97 Å². The first-order chi connectivity index (χ1) is 11.0. The van der Waals surface area contributed by atoms with E-state index in [0.29, 0.717) is 5.75 Å². The van der Waals surface area contributed by atoms with Crippen molar-refractivity contribution in [1.29, 1.82) is 0 Å². The van der Waals surface area contributed by atoms with Crippen LogP contribution >= 0.6 is 11.8 Å². The van der Waals surface area contributed by atoms with E-state index in [0.717, 1.165) is 29.7 Å². The van der Waals surface area contributed by atoms with Gasteiger partial charge < -0.3 is 4.90 Å². The maximum absolute atomic E-state index is 12.1. The van der Waals surface area contributed by atoms with Gasteiger partial charge in [0.2, 0.25) is 0 Å². The van der Waals surface area contributed by atoms with Crippen LogP contribution in [0, 0.1) is 0 Å². The fourth-order valence-corrected chi connectivity index (χ4v) is 4.61. The number of hydrogen-bond acceptors (Lipinski definition) is 5. The predicted octanol–water partition coefficient (Wildman–Crippen LogP) is 3.12. The molecule has 1 aliphatic heterocycles. The lowest BCUT2D eigenvalue weighted by molar-refractivity contribution is 0.585. The lowest BCUT2D eigenvalue weighted by Crippen LogP contribution is -2.50. The first-order valence-electron chi connectivity index (χ1n) is 7.67. The normalized spacial score (nSPS) is 20.4. The summed E-state index contributed by atoms with van der Waals surface area (Å²) in [5.74, 6) is 2.46. The SMILES string of the molecule is CC1(C)CN(c2cncc(SCc3ccccc3)n2)CCS1=O. The molecular weight excluding hydrogens is 326 g/mol. The zero-order valence-electron chi connectivity index (χ0n) is 13.4. The molecule has 1 aromatic carbocycles. The van der Waals surface area contributed by atoms with E-state index in [9.17, 15) is 4.21 Å². The molecule has 0 spiro atoms. The van der Waals surface area contributed by atoms with E-state index in [4.69, 9.17) is 4.98 Å². The molecule has 0 N–H and O–H groups in total. The molecule has 0 aliphatic carbocycles. The minimum atomic E-state index is -0.774. The van der Waals surface area contributed by atoms with E-state index in [1.807, 2.05) is 24.4 Å². The average molecular weight is 348 g/mol. The average Bonchev–Trinajstić information content (AvgIpc) is 2.57. The van der Waals surface area contributed by atoms with Crippen LogP contribution in [0.4, 0.5) is 5.82 Å². The number of hydrogen-bond donors (Lipinski definition) is 0. The van der Waals surface area contributed by atoms with E-state index in [1.165, 1.54) is 5.56 Å². The van der Waals surface area contributed by atoms with Crippen molar-refractivity contribution in [3.8, 4) is 0 Å². The molecule has 1 aromatic heterocycles. The zero-order chi connectivity index (χ0) is 16.3. The Kier molecular flexibility index (Phi) is 5.02. The second-order valence-electron chi connectivity index (χ2n) is 6.22. The summed E-state index contributed by atoms with van der Waals surface area (Å²) in [6.45, 7) is 5.63. The maximum atomic E-state index is 12.1. The second kappa shape index (κ2) is 7.01. The van der Waals surface area contributed by atoms with E-state index >= 15 is 0 Å². The van der Waals surface area contributed by atoms with Crippen LogP contribution < -0.4 is 4.90 Å². The summed E-state index contributed by atoms with van der Waals surface area (Å²) in [5, 5.41) is 0.927. The molecule has 23 heavy (non-hydrogen) atoms. The first-order valence-corrected chi connectivity index (χ1v) is 9.97. The van der Waals surface area contributed by atoms with E-state index < -0.39 is 10.8 Å². The Bertz CT molecular complexity index is 691. The third-order valence-electron chi connectivity index (χ3n) is 3.89. The smallest absolute Gasteiger partial charge is 0.148 e. The number of benzene rings is 1. The van der Waals surface area contributed by atoms with Crippen molar-refractivity contribution in [3.63, 3.8) is 0 Å². The molecule has 2 heterocycles. The summed E-state index contributed by atoms with van der Waals surface area (Å²) in [5.41, 5.74) is 1.28. The molecule has 0 radical (unpaired) electrons. The topological polar surface area (TPSA) is 46.1 Å². The molecule has 4 nitrogen and oxygen atoms in total. The Morgan fingerprint density at radius 1 is 1.26 bits per heavy atom. The van der Waals surface area contributed by atoms with Gasteiger partial charge >= 0.3 is 0 Å². The van der Waals surface area contributed by atoms with Crippen LogP contribution in [0.2, 0.25) is 0 Å². The molecule has 1 fully saturated rings. The summed E-state index contributed by atoms with van der Waals surface area (Å²) in [4.78, 5) is 11.3. The Hall–Kier alpha value is -1.40. The predicted molar refractivity (Wildman–Crippen MR) is 97.3 cm³/mol. The summed E-state index contributed by atoms with van der Waals surface area (Å²) in [7, 11) is -0.774. The molecule has 1 atom stereocenters. The van der Waals surface area contributed by atoms with Crippen molar-refractivity contribution in [2.45, 2.75) is 29.4 Å². The standard InChI is InChI=1S/C17H21N3OS2/c1-17(2)13-20(8-9-23(17)21)15-10-18-11-16(19-15)22-12-14-6-4-3-5-7-14/h3-7,10-11H,8-9,12-13H2,1-2H3. The summed E-state index contributed by atoms with van der Waals surface area (Å²) < 4.78 is 11.9. The molecule has 2 aromatic rings. The third-order valence-corrected chi connectivity index (χ3v) is 6.77. The molecule has 6 heteroatoms. The number of aromatic nitrogens is 2. The van der Waals surface area contributed by atoms with Crippen LogP contribution in [0.5, 0.6) is 0 Å². The molecule has 0 bridgehead atoms. The van der Waals surface area contributed by atoms with Gasteiger partial charge in [-0.05, 0) is 19.4 Å². The highest BCUT2D eigenvalue weighted by Crippen LogP contribution is 2.26. The highest BCUT2D eigenvalue weighted by molar-refractivity contribution is 7.98. The largest absolute Gasteiger partial charge is 0.353 e. The van der Waals surface area contributed by atoms with Gasteiger partial charge in [-0.2, -0.15) is 0 Å². The number of nitrogens with zero attached hydrogens (tertiary/aromatic N) is 3. The van der Waals surface area contributed by atoms with E-state index in [1.54, 1.807) is 18.0 Å². The van der Waals surface area contributed by atoms with Crippen molar-refractivity contribution >= 4 is 28.4 Å². The highest BCUT2D eigenvalue weighted by Gasteiger charge is 2.33. The second-order valence-corrected chi connectivity index (χ2v) is 9.42. The fraction of sp³-hybridized carbons (Fsp3) is 0.412. The molecule has 0 saturated carbocycles. The van der Waals surface area contributed by atoms with Gasteiger partial charge in [-0.25, -0.2) is 4.98 Å². The zero-order valence-corrected chi connectivity index (χ0v) is 15.1. The van der Waals surface area contributed by atoms with Gasteiger partial charge in [0.15, 0.2) is 0 Å². The van der Waals surface area contributed by atoms with Gasteiger partial charge in [-0.1, -0.05) is 30.3 Å². The van der Waals surface area contributed by atoms with Crippen molar-refractivity contribution < 1.29 is 4.21 Å². The summed E-state index contributed by atoms with van der Waals surface area (Å²) >= 11 is 1.69. The summed E-state index contributed by atoms with van der Waals surface area (Å²) in [6, 6.07) is 10.4. The monoisotopic (exact) mass is 347 g/mol. The van der Waals surface area contributed by atoms with Gasteiger partial charge in [0.1, 0.15) is 10.8 Å². The van der Waals surface area contributed by atoms with Gasteiger partial charge in [0.25, 0.3) is 0 Å². The van der Waals surface area contributed by atoms with E-state index in [2.05, 4.69) is 35.9 Å². The minimum absolute atomic E-state index is 0.201. The van der Waals surface area contributed by atoms with Crippen molar-refractivity contribution in [2.75, 3.05) is 23.7 Å². The maximum Gasteiger partial charge on any atom is 0.148 e. The molecule has 1 aliphatic rings. The molecule has 122 valence electrons. The lowest BCUT2D eigenvalue weighted by atomic mass is 10.2. The van der Waals surface area contributed by atoms with Crippen LogP contribution in [-0.4, -0.2) is 37.8 Å². The van der Waals surface area contributed by atoms with Crippen molar-refractivity contribution in [3.05, 3.63) is 48.3 Å². The number of rotatable bonds is 4. The lowest BCUT2D eigenvalue weighted by Gasteiger charge is -2.37. The fourth-order valence-electron chi connectivity index (χ4n) is 2.57. The van der Waals surface area contributed by atoms with Crippen LogP contribution in [0.1, 0.15) is 19.4 Å². The minimum Gasteiger partial charge on any atom is -0.353 e. The Balaban J connectivity index is 1.69. The molecule has 3 rings (SSSR count). The van der Waals surface area contributed by atoms with Crippen LogP contribution in [0.25, 0.3) is 0 Å². The molecular formula is C17H21N3OS2. The van der Waals surface area contributed by atoms with Crippen LogP contribution in [-0.2, 0) is 16.6 Å².